The van der Waals surface area contributed by atoms with Gasteiger partial charge in [0.15, 0.2) is 0 Å². The SMILES string of the molecule is CCC(C)C(c1ccccc1)c1nnc(CCCN)s1. The molecule has 0 fully saturated rings. The lowest BCUT2D eigenvalue weighted by Gasteiger charge is -2.20. The van der Waals surface area contributed by atoms with Gasteiger partial charge < -0.3 is 5.73 Å². The van der Waals surface area contributed by atoms with E-state index in [4.69, 9.17) is 5.73 Å². The molecule has 20 heavy (non-hydrogen) atoms. The standard InChI is InChI=1S/C16H23N3S/c1-3-12(2)15(13-8-5-4-6-9-13)16-19-18-14(20-16)10-7-11-17/h4-6,8-9,12,15H,3,7,10-11,17H2,1-2H3. The summed E-state index contributed by atoms with van der Waals surface area (Å²) < 4.78 is 0. The topological polar surface area (TPSA) is 51.8 Å². The Labute approximate surface area is 125 Å². The van der Waals surface area contributed by atoms with Crippen LogP contribution in [0.15, 0.2) is 30.3 Å². The molecule has 1 aromatic carbocycles. The number of nitrogens with zero attached hydrogens (tertiary/aromatic N) is 2. The molecule has 0 spiro atoms. The predicted molar refractivity (Wildman–Crippen MR) is 85.0 cm³/mol. The number of rotatable bonds is 7. The summed E-state index contributed by atoms with van der Waals surface area (Å²) in [6, 6.07) is 10.6. The lowest BCUT2D eigenvalue weighted by atomic mass is 9.86. The van der Waals surface area contributed by atoms with E-state index < -0.39 is 0 Å². The predicted octanol–water partition coefficient (Wildman–Crippen LogP) is 3.61. The van der Waals surface area contributed by atoms with E-state index in [9.17, 15) is 0 Å². The third-order valence-corrected chi connectivity index (χ3v) is 4.78. The first kappa shape index (κ1) is 15.1. The van der Waals surface area contributed by atoms with Crippen molar-refractivity contribution in [3.05, 3.63) is 45.9 Å². The van der Waals surface area contributed by atoms with Crippen LogP contribution in [-0.4, -0.2) is 16.7 Å². The van der Waals surface area contributed by atoms with Gasteiger partial charge in [0.05, 0.1) is 0 Å². The van der Waals surface area contributed by atoms with Gasteiger partial charge in [-0.05, 0) is 24.4 Å². The molecule has 2 N–H and O–H groups in total. The number of aromatic nitrogens is 2. The molecule has 1 heterocycles. The number of aryl methyl sites for hydroxylation is 1. The highest BCUT2D eigenvalue weighted by Crippen LogP contribution is 2.35. The molecule has 0 amide bonds. The van der Waals surface area contributed by atoms with Crippen molar-refractivity contribution in [2.24, 2.45) is 11.7 Å². The van der Waals surface area contributed by atoms with Crippen molar-refractivity contribution < 1.29 is 0 Å². The lowest BCUT2D eigenvalue weighted by molar-refractivity contribution is 0.492. The smallest absolute Gasteiger partial charge is 0.125 e. The molecule has 0 saturated carbocycles. The molecule has 2 atom stereocenters. The third-order valence-electron chi connectivity index (χ3n) is 3.71. The van der Waals surface area contributed by atoms with E-state index >= 15 is 0 Å². The van der Waals surface area contributed by atoms with Crippen LogP contribution in [0.25, 0.3) is 0 Å². The number of hydrogen-bond acceptors (Lipinski definition) is 4. The van der Waals surface area contributed by atoms with E-state index in [1.807, 2.05) is 0 Å². The van der Waals surface area contributed by atoms with Crippen LogP contribution >= 0.6 is 11.3 Å². The molecular formula is C16H23N3S. The zero-order valence-corrected chi connectivity index (χ0v) is 13.1. The van der Waals surface area contributed by atoms with Crippen molar-refractivity contribution in [3.63, 3.8) is 0 Å². The van der Waals surface area contributed by atoms with E-state index in [0.29, 0.717) is 18.4 Å². The summed E-state index contributed by atoms with van der Waals surface area (Å²) in [5, 5.41) is 11.0. The third kappa shape index (κ3) is 3.64. The molecule has 0 saturated heterocycles. The average molecular weight is 289 g/mol. The van der Waals surface area contributed by atoms with Crippen LogP contribution in [0.3, 0.4) is 0 Å². The highest BCUT2D eigenvalue weighted by molar-refractivity contribution is 7.11. The summed E-state index contributed by atoms with van der Waals surface area (Å²) in [5.74, 6) is 0.915. The first-order valence-corrected chi connectivity index (χ1v) is 8.15. The van der Waals surface area contributed by atoms with Gasteiger partial charge in [-0.3, -0.25) is 0 Å². The molecule has 2 unspecified atom stereocenters. The lowest BCUT2D eigenvalue weighted by Crippen LogP contribution is -2.10. The Balaban J connectivity index is 2.25. The summed E-state index contributed by atoms with van der Waals surface area (Å²) in [6.45, 7) is 5.23. The molecule has 3 nitrogen and oxygen atoms in total. The van der Waals surface area contributed by atoms with E-state index in [0.717, 1.165) is 29.3 Å². The highest BCUT2D eigenvalue weighted by Gasteiger charge is 2.23. The molecule has 0 radical (unpaired) electrons. The zero-order valence-electron chi connectivity index (χ0n) is 12.2. The number of nitrogens with two attached hydrogens (primary N) is 1. The monoisotopic (exact) mass is 289 g/mol. The van der Waals surface area contributed by atoms with Gasteiger partial charge in [-0.25, -0.2) is 0 Å². The Hall–Kier alpha value is -1.26. The van der Waals surface area contributed by atoms with Gasteiger partial charge in [0.2, 0.25) is 0 Å². The van der Waals surface area contributed by atoms with Crippen molar-refractivity contribution >= 4 is 11.3 Å². The summed E-state index contributed by atoms with van der Waals surface area (Å²) in [5.41, 5.74) is 6.90. The Kier molecular flexibility index (Phi) is 5.68. The second kappa shape index (κ2) is 7.50. The maximum atomic E-state index is 5.56. The minimum absolute atomic E-state index is 0.352. The fraction of sp³-hybridized carbons (Fsp3) is 0.500. The molecule has 2 aromatic rings. The zero-order chi connectivity index (χ0) is 14.4. The molecule has 2 rings (SSSR count). The molecule has 0 aliphatic rings. The Bertz CT molecular complexity index is 509. The Morgan fingerprint density at radius 3 is 2.60 bits per heavy atom. The fourth-order valence-electron chi connectivity index (χ4n) is 2.36. The van der Waals surface area contributed by atoms with Gasteiger partial charge in [-0.15, -0.1) is 21.5 Å². The van der Waals surface area contributed by atoms with Crippen LogP contribution in [-0.2, 0) is 6.42 Å². The fourth-order valence-corrected chi connectivity index (χ4v) is 3.50. The van der Waals surface area contributed by atoms with Gasteiger partial charge in [0, 0.05) is 12.3 Å². The van der Waals surface area contributed by atoms with Crippen molar-refractivity contribution in [2.45, 2.75) is 39.0 Å². The van der Waals surface area contributed by atoms with Gasteiger partial charge >= 0.3 is 0 Å². The van der Waals surface area contributed by atoms with Gasteiger partial charge in [-0.2, -0.15) is 0 Å². The van der Waals surface area contributed by atoms with Crippen molar-refractivity contribution in [1.29, 1.82) is 0 Å². The van der Waals surface area contributed by atoms with Gasteiger partial charge in [-0.1, -0.05) is 50.6 Å². The highest BCUT2D eigenvalue weighted by atomic mass is 32.1. The van der Waals surface area contributed by atoms with Crippen LogP contribution in [0.2, 0.25) is 0 Å². The number of benzene rings is 1. The van der Waals surface area contributed by atoms with Crippen LogP contribution < -0.4 is 5.73 Å². The van der Waals surface area contributed by atoms with Crippen LogP contribution in [0, 0.1) is 5.92 Å². The molecule has 1 aromatic heterocycles. The summed E-state index contributed by atoms with van der Waals surface area (Å²) in [6.07, 6.45) is 3.06. The van der Waals surface area contributed by atoms with E-state index in [1.165, 1.54) is 5.56 Å². The first-order valence-electron chi connectivity index (χ1n) is 7.33. The van der Waals surface area contributed by atoms with Crippen molar-refractivity contribution in [1.82, 2.24) is 10.2 Å². The second-order valence-corrected chi connectivity index (χ2v) is 6.29. The molecule has 108 valence electrons. The van der Waals surface area contributed by atoms with Gasteiger partial charge in [0.25, 0.3) is 0 Å². The van der Waals surface area contributed by atoms with Gasteiger partial charge in [0.1, 0.15) is 10.0 Å². The maximum Gasteiger partial charge on any atom is 0.125 e. The minimum Gasteiger partial charge on any atom is -0.330 e. The quantitative estimate of drug-likeness (QED) is 0.847. The first-order chi connectivity index (χ1) is 9.76. The Morgan fingerprint density at radius 1 is 1.20 bits per heavy atom. The normalized spacial score (nSPS) is 14.2. The second-order valence-electron chi connectivity index (χ2n) is 5.20. The van der Waals surface area contributed by atoms with E-state index in [2.05, 4.69) is 54.4 Å². The van der Waals surface area contributed by atoms with Crippen molar-refractivity contribution in [3.8, 4) is 0 Å². The van der Waals surface area contributed by atoms with E-state index in [-0.39, 0.29) is 0 Å². The average Bonchev–Trinajstić information content (AvgIpc) is 2.94. The maximum absolute atomic E-state index is 5.56. The molecular weight excluding hydrogens is 266 g/mol. The van der Waals surface area contributed by atoms with Crippen molar-refractivity contribution in [2.75, 3.05) is 6.54 Å². The molecule has 0 bridgehead atoms. The minimum atomic E-state index is 0.352. The molecule has 0 aliphatic heterocycles. The van der Waals surface area contributed by atoms with Crippen LogP contribution in [0.1, 0.15) is 48.2 Å². The largest absolute Gasteiger partial charge is 0.330 e. The Morgan fingerprint density at radius 2 is 1.95 bits per heavy atom. The number of hydrogen-bond donors (Lipinski definition) is 1. The summed E-state index contributed by atoms with van der Waals surface area (Å²) >= 11 is 1.74. The summed E-state index contributed by atoms with van der Waals surface area (Å²) in [7, 11) is 0. The van der Waals surface area contributed by atoms with Crippen LogP contribution in [0.5, 0.6) is 0 Å². The summed E-state index contributed by atoms with van der Waals surface area (Å²) in [4.78, 5) is 0. The van der Waals surface area contributed by atoms with Crippen LogP contribution in [0.4, 0.5) is 0 Å². The molecule has 4 heteroatoms. The molecule has 0 aliphatic carbocycles. The van der Waals surface area contributed by atoms with E-state index in [1.54, 1.807) is 11.3 Å².